The van der Waals surface area contributed by atoms with E-state index in [1.165, 1.54) is 4.90 Å². The van der Waals surface area contributed by atoms with Gasteiger partial charge in [-0.3, -0.25) is 14.5 Å². The molecule has 0 aliphatic carbocycles. The third kappa shape index (κ3) is 3.82. The molecule has 0 radical (unpaired) electrons. The van der Waals surface area contributed by atoms with E-state index in [2.05, 4.69) is 0 Å². The highest BCUT2D eigenvalue weighted by molar-refractivity contribution is 6.21. The van der Waals surface area contributed by atoms with Crippen LogP contribution >= 0.6 is 0 Å². The highest BCUT2D eigenvalue weighted by Crippen LogP contribution is 2.26. The van der Waals surface area contributed by atoms with Crippen LogP contribution in [0.4, 0.5) is 4.79 Å². The van der Waals surface area contributed by atoms with Crippen molar-refractivity contribution in [1.29, 1.82) is 0 Å². The zero-order valence-electron chi connectivity index (χ0n) is 15.0. The number of imide groups is 1. The number of hydrogen-bond donors (Lipinski definition) is 1. The standard InChI is InChI=1S/C18H24N2O5/c1-5-25-11-12(10-19(17(23)24)18(2,3)4)20-15(21)13-8-6-7-9-14(13)16(20)22/h6-9,12H,5,10-11H2,1-4H3,(H,23,24). The first kappa shape index (κ1) is 18.9. The van der Waals surface area contributed by atoms with Gasteiger partial charge in [-0.2, -0.15) is 0 Å². The molecule has 25 heavy (non-hydrogen) atoms. The molecule has 0 saturated heterocycles. The minimum Gasteiger partial charge on any atom is -0.465 e. The summed E-state index contributed by atoms with van der Waals surface area (Å²) < 4.78 is 5.43. The van der Waals surface area contributed by atoms with E-state index < -0.39 is 29.5 Å². The maximum absolute atomic E-state index is 12.7. The Morgan fingerprint density at radius 2 is 1.72 bits per heavy atom. The molecule has 0 saturated carbocycles. The quantitative estimate of drug-likeness (QED) is 0.798. The molecule has 0 bridgehead atoms. The summed E-state index contributed by atoms with van der Waals surface area (Å²) in [4.78, 5) is 39.4. The maximum atomic E-state index is 12.7. The predicted molar refractivity (Wildman–Crippen MR) is 91.7 cm³/mol. The summed E-state index contributed by atoms with van der Waals surface area (Å²) in [5, 5.41) is 9.53. The lowest BCUT2D eigenvalue weighted by molar-refractivity contribution is 0.0239. The fourth-order valence-corrected chi connectivity index (χ4v) is 2.85. The third-order valence-corrected chi connectivity index (χ3v) is 4.14. The number of rotatable bonds is 6. The van der Waals surface area contributed by atoms with E-state index in [1.807, 2.05) is 0 Å². The number of hydrogen-bond acceptors (Lipinski definition) is 4. The van der Waals surface area contributed by atoms with Gasteiger partial charge in [0.05, 0.1) is 23.8 Å². The summed E-state index contributed by atoms with van der Waals surface area (Å²) >= 11 is 0. The van der Waals surface area contributed by atoms with E-state index in [9.17, 15) is 19.5 Å². The molecule has 0 aromatic heterocycles. The topological polar surface area (TPSA) is 87.2 Å². The van der Waals surface area contributed by atoms with Crippen molar-refractivity contribution in [3.05, 3.63) is 35.4 Å². The average Bonchev–Trinajstić information content (AvgIpc) is 2.78. The molecular weight excluding hydrogens is 324 g/mol. The van der Waals surface area contributed by atoms with Gasteiger partial charge in [0.2, 0.25) is 0 Å². The average molecular weight is 348 g/mol. The largest absolute Gasteiger partial charge is 0.465 e. The number of ether oxygens (including phenoxy) is 1. The van der Waals surface area contributed by atoms with E-state index in [4.69, 9.17) is 4.74 Å². The Morgan fingerprint density at radius 1 is 1.20 bits per heavy atom. The molecule has 1 atom stereocenters. The molecule has 1 heterocycles. The molecule has 0 fully saturated rings. The van der Waals surface area contributed by atoms with Crippen molar-refractivity contribution >= 4 is 17.9 Å². The summed E-state index contributed by atoms with van der Waals surface area (Å²) in [7, 11) is 0. The summed E-state index contributed by atoms with van der Waals surface area (Å²) in [6, 6.07) is 5.91. The molecule has 1 unspecified atom stereocenters. The van der Waals surface area contributed by atoms with Crippen molar-refractivity contribution in [3.8, 4) is 0 Å². The first-order chi connectivity index (χ1) is 11.7. The van der Waals surface area contributed by atoms with Gasteiger partial charge in [-0.05, 0) is 39.8 Å². The van der Waals surface area contributed by atoms with E-state index in [0.717, 1.165) is 4.90 Å². The Kier molecular flexibility index (Phi) is 5.47. The van der Waals surface area contributed by atoms with Crippen LogP contribution in [0.25, 0.3) is 0 Å². The van der Waals surface area contributed by atoms with Crippen LogP contribution in [0, 0.1) is 0 Å². The first-order valence-electron chi connectivity index (χ1n) is 8.23. The van der Waals surface area contributed by atoms with Crippen LogP contribution in [0.2, 0.25) is 0 Å². The lowest BCUT2D eigenvalue weighted by Gasteiger charge is -2.37. The number of fused-ring (bicyclic) bond motifs is 1. The highest BCUT2D eigenvalue weighted by Gasteiger charge is 2.42. The lowest BCUT2D eigenvalue weighted by Crippen LogP contribution is -2.55. The van der Waals surface area contributed by atoms with Crippen molar-refractivity contribution in [1.82, 2.24) is 9.80 Å². The fraction of sp³-hybridized carbons (Fsp3) is 0.500. The zero-order chi connectivity index (χ0) is 18.8. The van der Waals surface area contributed by atoms with Gasteiger partial charge in [-0.15, -0.1) is 0 Å². The molecule has 0 spiro atoms. The summed E-state index contributed by atoms with van der Waals surface area (Å²) in [5.41, 5.74) is 0.00729. The molecule has 7 heteroatoms. The summed E-state index contributed by atoms with van der Waals surface area (Å²) in [5.74, 6) is -0.825. The van der Waals surface area contributed by atoms with Crippen LogP contribution in [0.3, 0.4) is 0 Å². The lowest BCUT2D eigenvalue weighted by atomic mass is 10.1. The Morgan fingerprint density at radius 3 is 2.12 bits per heavy atom. The van der Waals surface area contributed by atoms with Crippen LogP contribution in [-0.2, 0) is 4.74 Å². The minimum absolute atomic E-state index is 0.00962. The number of nitrogens with zero attached hydrogens (tertiary/aromatic N) is 2. The molecular formula is C18H24N2O5. The predicted octanol–water partition coefficient (Wildman–Crippen LogP) is 2.47. The molecule has 7 nitrogen and oxygen atoms in total. The van der Waals surface area contributed by atoms with E-state index in [-0.39, 0.29) is 13.2 Å². The van der Waals surface area contributed by atoms with Gasteiger partial charge >= 0.3 is 6.09 Å². The Labute approximate surface area is 147 Å². The number of carboxylic acid groups (broad SMARTS) is 1. The van der Waals surface area contributed by atoms with Crippen molar-refractivity contribution < 1.29 is 24.2 Å². The second kappa shape index (κ2) is 7.23. The SMILES string of the molecule is CCOCC(CN(C(=O)O)C(C)(C)C)N1C(=O)c2ccccc2C1=O. The van der Waals surface area contributed by atoms with Gasteiger partial charge in [-0.1, -0.05) is 12.1 Å². The van der Waals surface area contributed by atoms with Crippen LogP contribution in [0.5, 0.6) is 0 Å². The van der Waals surface area contributed by atoms with Gasteiger partial charge < -0.3 is 14.7 Å². The molecule has 1 aliphatic heterocycles. The van der Waals surface area contributed by atoms with Gasteiger partial charge in [0.25, 0.3) is 11.8 Å². The monoisotopic (exact) mass is 348 g/mol. The molecule has 1 aliphatic rings. The molecule has 3 amide bonds. The zero-order valence-corrected chi connectivity index (χ0v) is 15.0. The van der Waals surface area contributed by atoms with Crippen molar-refractivity contribution in [3.63, 3.8) is 0 Å². The molecule has 1 aromatic carbocycles. The van der Waals surface area contributed by atoms with Crippen molar-refractivity contribution in [2.75, 3.05) is 19.8 Å². The van der Waals surface area contributed by atoms with E-state index in [1.54, 1.807) is 52.0 Å². The number of amides is 3. The van der Waals surface area contributed by atoms with Gasteiger partial charge in [0, 0.05) is 18.7 Å². The smallest absolute Gasteiger partial charge is 0.407 e. The summed E-state index contributed by atoms with van der Waals surface area (Å²) in [6.07, 6.45) is -1.11. The van der Waals surface area contributed by atoms with Crippen molar-refractivity contribution in [2.24, 2.45) is 0 Å². The second-order valence-corrected chi connectivity index (χ2v) is 6.90. The van der Waals surface area contributed by atoms with Gasteiger partial charge in [0.15, 0.2) is 0 Å². The van der Waals surface area contributed by atoms with Gasteiger partial charge in [-0.25, -0.2) is 4.79 Å². The third-order valence-electron chi connectivity index (χ3n) is 4.14. The summed E-state index contributed by atoms with van der Waals surface area (Å²) in [6.45, 7) is 7.58. The Balaban J connectivity index is 2.34. The molecule has 1 N–H and O–H groups in total. The highest BCUT2D eigenvalue weighted by atomic mass is 16.5. The first-order valence-corrected chi connectivity index (χ1v) is 8.23. The van der Waals surface area contributed by atoms with Crippen LogP contribution in [-0.4, -0.2) is 64.2 Å². The number of carbonyl (C=O) groups is 3. The van der Waals surface area contributed by atoms with Gasteiger partial charge in [0.1, 0.15) is 0 Å². The fourth-order valence-electron chi connectivity index (χ4n) is 2.85. The maximum Gasteiger partial charge on any atom is 0.407 e. The van der Waals surface area contributed by atoms with E-state index >= 15 is 0 Å². The number of carbonyl (C=O) groups excluding carboxylic acids is 2. The van der Waals surface area contributed by atoms with E-state index in [0.29, 0.717) is 17.7 Å². The van der Waals surface area contributed by atoms with Crippen molar-refractivity contribution in [2.45, 2.75) is 39.3 Å². The normalized spacial score (nSPS) is 15.3. The van der Waals surface area contributed by atoms with Crippen LogP contribution in [0.1, 0.15) is 48.4 Å². The number of benzene rings is 1. The molecule has 136 valence electrons. The van der Waals surface area contributed by atoms with Crippen LogP contribution in [0.15, 0.2) is 24.3 Å². The second-order valence-electron chi connectivity index (χ2n) is 6.90. The van der Waals surface area contributed by atoms with Crippen LogP contribution < -0.4 is 0 Å². The Hall–Kier alpha value is -2.41. The minimum atomic E-state index is -1.11. The molecule has 1 aromatic rings. The Bertz CT molecular complexity index is 645. The molecule has 2 rings (SSSR count).